The number of pyridine rings is 1. The van der Waals surface area contributed by atoms with Crippen LogP contribution in [0.3, 0.4) is 0 Å². The van der Waals surface area contributed by atoms with Crippen molar-refractivity contribution in [3.05, 3.63) is 113 Å². The van der Waals surface area contributed by atoms with Gasteiger partial charge in [0.25, 0.3) is 0 Å². The van der Waals surface area contributed by atoms with Crippen LogP contribution in [0.15, 0.2) is 85.3 Å². The number of amides is 2. The van der Waals surface area contributed by atoms with Gasteiger partial charge in [-0.25, -0.2) is 29.1 Å². The highest BCUT2D eigenvalue weighted by Crippen LogP contribution is 2.37. The van der Waals surface area contributed by atoms with Crippen LogP contribution in [0.1, 0.15) is 28.9 Å². The summed E-state index contributed by atoms with van der Waals surface area (Å²) in [6.45, 7) is 3.06. The number of anilines is 2. The minimum absolute atomic E-state index is 0.0446. The van der Waals surface area contributed by atoms with E-state index in [2.05, 4.69) is 16.0 Å². The van der Waals surface area contributed by atoms with E-state index >= 15 is 0 Å². The molecule has 0 atom stereocenters. The van der Waals surface area contributed by atoms with E-state index in [0.717, 1.165) is 33.8 Å². The average Bonchev–Trinajstić information content (AvgIpc) is 3.75. The number of imidazole rings is 1. The Hall–Kier alpha value is -6.20. The molecule has 0 unspecified atom stereocenters. The summed E-state index contributed by atoms with van der Waals surface area (Å²) in [4.78, 5) is 49.7. The normalized spacial score (nSPS) is 12.7. The molecule has 4 aromatic heterocycles. The van der Waals surface area contributed by atoms with Gasteiger partial charge in [-0.1, -0.05) is 48.6 Å². The van der Waals surface area contributed by atoms with Crippen LogP contribution in [0.2, 0.25) is 0 Å². The third kappa shape index (κ3) is 6.90. The zero-order valence-corrected chi connectivity index (χ0v) is 29.5. The number of aryl methyl sites for hydroxylation is 1. The second kappa shape index (κ2) is 14.6. The lowest BCUT2D eigenvalue weighted by Gasteiger charge is -2.43. The number of likely N-dealkylation sites (tertiary alicyclic amines) is 1. The number of nitrogens with zero attached hydrogens (tertiary/aromatic N) is 9. The molecule has 0 saturated carbocycles. The summed E-state index contributed by atoms with van der Waals surface area (Å²) in [6, 6.07) is 21.4. The number of rotatable bonds is 10. The van der Waals surface area contributed by atoms with Gasteiger partial charge >= 0.3 is 6.09 Å². The second-order valence-corrected chi connectivity index (χ2v) is 13.4. The number of hydrogen-bond acceptors (Lipinski definition) is 10. The molecule has 5 heterocycles. The second-order valence-electron chi connectivity index (χ2n) is 12.4. The Morgan fingerprint density at radius 2 is 1.69 bits per heavy atom. The molecule has 262 valence electrons. The molecule has 0 N–H and O–H groups in total. The molecule has 12 nitrogen and oxygen atoms in total. The van der Waals surface area contributed by atoms with Gasteiger partial charge in [-0.2, -0.15) is 5.26 Å². The summed E-state index contributed by atoms with van der Waals surface area (Å²) in [7, 11) is 3.57. The minimum Gasteiger partial charge on any atom is -0.445 e. The van der Waals surface area contributed by atoms with E-state index < -0.39 is 6.09 Å². The van der Waals surface area contributed by atoms with Crippen molar-refractivity contribution in [2.24, 2.45) is 0 Å². The van der Waals surface area contributed by atoms with Crippen LogP contribution in [0.4, 0.5) is 20.1 Å². The number of fused-ring (bicyclic) bond motifs is 1. The monoisotopic (exact) mass is 715 g/mol. The zero-order chi connectivity index (χ0) is 36.4. The minimum atomic E-state index is -0.425. The third-order valence-electron chi connectivity index (χ3n) is 9.04. The number of carbonyl (C=O) groups excluding carboxylic acids is 2. The average molecular weight is 716 g/mol. The molecular formula is C38H34FN9O3S. The number of carbonyl (C=O) groups is 2. The fraction of sp³-hybridized carbons (Fsp3) is 0.237. The van der Waals surface area contributed by atoms with Crippen LogP contribution < -0.4 is 4.90 Å². The Balaban J connectivity index is 1.02. The van der Waals surface area contributed by atoms with E-state index in [0.29, 0.717) is 46.6 Å². The van der Waals surface area contributed by atoms with Gasteiger partial charge in [0.1, 0.15) is 46.4 Å². The van der Waals surface area contributed by atoms with Gasteiger partial charge < -0.3 is 19.4 Å². The SMILES string of the molecule is CCc1nc2ccc(-c3cnc(CC(=O)N4CC(N(C)C(=O)OCc5ccccc5)C4)nc3)cn2c1N(C)c1nc(-c2ccc(F)cc2)c(C#N)s1. The number of nitriles is 1. The molecule has 1 fully saturated rings. The molecule has 0 spiro atoms. The maximum Gasteiger partial charge on any atom is 0.410 e. The van der Waals surface area contributed by atoms with Crippen molar-refractivity contribution in [1.29, 1.82) is 5.26 Å². The molecule has 0 bridgehead atoms. The maximum absolute atomic E-state index is 13.6. The quantitative estimate of drug-likeness (QED) is 0.161. The molecule has 1 saturated heterocycles. The van der Waals surface area contributed by atoms with Crippen molar-refractivity contribution >= 4 is 39.9 Å². The lowest BCUT2D eigenvalue weighted by Crippen LogP contribution is -2.61. The Bertz CT molecular complexity index is 2280. The molecule has 2 amide bonds. The molecule has 1 aliphatic heterocycles. The van der Waals surface area contributed by atoms with Gasteiger partial charge in [0.15, 0.2) is 5.13 Å². The Morgan fingerprint density at radius 3 is 2.38 bits per heavy atom. The standard InChI is InChI=1S/C38H34FN9O3S/c1-4-30-36(46(3)37-44-35(31(17-40)52-37)25-10-13-28(39)14-11-25)48-20-26(12-15-33(48)43-30)27-18-41-32(42-19-27)16-34(49)47-21-29(22-47)45(2)38(50)51-23-24-8-6-5-7-9-24/h5-15,18-20,29H,4,16,21-23H2,1-3H3. The van der Waals surface area contributed by atoms with E-state index in [1.807, 2.05) is 71.9 Å². The van der Waals surface area contributed by atoms with Crippen molar-refractivity contribution in [3.63, 3.8) is 0 Å². The summed E-state index contributed by atoms with van der Waals surface area (Å²) in [5.74, 6) is 0.732. The van der Waals surface area contributed by atoms with E-state index in [1.54, 1.807) is 36.5 Å². The van der Waals surface area contributed by atoms with Crippen molar-refractivity contribution in [2.75, 3.05) is 32.1 Å². The summed E-state index contributed by atoms with van der Waals surface area (Å²) < 4.78 is 21.0. The van der Waals surface area contributed by atoms with Crippen molar-refractivity contribution in [3.8, 4) is 28.5 Å². The highest BCUT2D eigenvalue weighted by molar-refractivity contribution is 7.16. The van der Waals surface area contributed by atoms with E-state index in [1.165, 1.54) is 28.4 Å². The number of hydrogen-bond donors (Lipinski definition) is 0. The van der Waals surface area contributed by atoms with E-state index in [4.69, 9.17) is 14.7 Å². The highest BCUT2D eigenvalue weighted by atomic mass is 32.1. The largest absolute Gasteiger partial charge is 0.445 e. The molecule has 14 heteroatoms. The molecule has 1 aliphatic rings. The summed E-state index contributed by atoms with van der Waals surface area (Å²) >= 11 is 1.26. The van der Waals surface area contributed by atoms with Crippen LogP contribution >= 0.6 is 11.3 Å². The number of benzene rings is 2. The number of halogens is 1. The highest BCUT2D eigenvalue weighted by Gasteiger charge is 2.36. The lowest BCUT2D eigenvalue weighted by molar-refractivity contribution is -0.137. The number of likely N-dealkylation sites (N-methyl/N-ethyl adjacent to an activating group) is 1. The first-order valence-corrected chi connectivity index (χ1v) is 17.5. The van der Waals surface area contributed by atoms with Crippen molar-refractivity contribution in [2.45, 2.75) is 32.4 Å². The van der Waals surface area contributed by atoms with Gasteiger partial charge in [0.05, 0.1) is 18.2 Å². The Labute approximate surface area is 303 Å². The van der Waals surface area contributed by atoms with Crippen molar-refractivity contribution in [1.82, 2.24) is 34.1 Å². The van der Waals surface area contributed by atoms with Crippen LogP contribution in [-0.2, 0) is 29.0 Å². The van der Waals surface area contributed by atoms with Gasteiger partial charge in [-0.05, 0) is 48.4 Å². The summed E-state index contributed by atoms with van der Waals surface area (Å²) in [6.07, 6.45) is 5.63. The van der Waals surface area contributed by atoms with Crippen LogP contribution in [0.25, 0.3) is 28.0 Å². The summed E-state index contributed by atoms with van der Waals surface area (Å²) in [5.41, 5.74) is 5.27. The number of thiazole rings is 1. The molecular weight excluding hydrogens is 682 g/mol. The molecule has 7 rings (SSSR count). The predicted octanol–water partition coefficient (Wildman–Crippen LogP) is 6.28. The zero-order valence-electron chi connectivity index (χ0n) is 28.7. The number of aromatic nitrogens is 5. The first-order valence-electron chi connectivity index (χ1n) is 16.7. The molecule has 0 aliphatic carbocycles. The maximum atomic E-state index is 13.6. The Morgan fingerprint density at radius 1 is 0.981 bits per heavy atom. The third-order valence-corrected chi connectivity index (χ3v) is 10.1. The van der Waals surface area contributed by atoms with Gasteiger partial charge in [0, 0.05) is 62.5 Å². The smallest absolute Gasteiger partial charge is 0.410 e. The molecule has 6 aromatic rings. The molecule has 52 heavy (non-hydrogen) atoms. The van der Waals surface area contributed by atoms with Gasteiger partial charge in [-0.3, -0.25) is 9.20 Å². The first kappa shape index (κ1) is 34.3. The predicted molar refractivity (Wildman–Crippen MR) is 194 cm³/mol. The van der Waals surface area contributed by atoms with Crippen LogP contribution in [-0.4, -0.2) is 79.4 Å². The van der Waals surface area contributed by atoms with Crippen molar-refractivity contribution < 1.29 is 18.7 Å². The fourth-order valence-corrected chi connectivity index (χ4v) is 6.83. The van der Waals surface area contributed by atoms with E-state index in [-0.39, 0.29) is 30.8 Å². The fourth-order valence-electron chi connectivity index (χ4n) is 5.98. The molecule has 0 radical (unpaired) electrons. The van der Waals surface area contributed by atoms with Crippen LogP contribution in [0, 0.1) is 17.1 Å². The topological polar surface area (TPSA) is 133 Å². The van der Waals surface area contributed by atoms with Gasteiger partial charge in [0.2, 0.25) is 5.91 Å². The Kier molecular flexibility index (Phi) is 9.60. The summed E-state index contributed by atoms with van der Waals surface area (Å²) in [5, 5.41) is 10.5. The molecule has 2 aromatic carbocycles. The first-order chi connectivity index (χ1) is 25.2. The number of ether oxygens (including phenoxy) is 1. The lowest BCUT2D eigenvalue weighted by atomic mass is 10.1. The van der Waals surface area contributed by atoms with E-state index in [9.17, 15) is 19.2 Å². The van der Waals surface area contributed by atoms with Crippen LogP contribution in [0.5, 0.6) is 0 Å². The van der Waals surface area contributed by atoms with Gasteiger partial charge in [-0.15, -0.1) is 0 Å².